The summed E-state index contributed by atoms with van der Waals surface area (Å²) in [4.78, 5) is 13.9. The number of likely N-dealkylation sites (tertiary alicyclic amines) is 1. The summed E-state index contributed by atoms with van der Waals surface area (Å²) in [7, 11) is 0. The molecule has 2 aliphatic rings. The molecule has 1 saturated carbocycles. The van der Waals surface area contributed by atoms with Gasteiger partial charge >= 0.3 is 0 Å². The molecule has 0 spiro atoms. The van der Waals surface area contributed by atoms with Gasteiger partial charge in [-0.25, -0.2) is 0 Å². The highest BCUT2D eigenvalue weighted by molar-refractivity contribution is 9.10. The highest BCUT2D eigenvalue weighted by atomic mass is 79.9. The van der Waals surface area contributed by atoms with Crippen molar-refractivity contribution in [2.45, 2.75) is 38.3 Å². The van der Waals surface area contributed by atoms with Gasteiger partial charge in [0, 0.05) is 30.1 Å². The highest BCUT2D eigenvalue weighted by Crippen LogP contribution is 2.25. The van der Waals surface area contributed by atoms with Crippen molar-refractivity contribution < 1.29 is 9.53 Å². The third kappa shape index (κ3) is 4.20. The Hall–Kier alpha value is -1.07. The molecule has 21 heavy (non-hydrogen) atoms. The van der Waals surface area contributed by atoms with Crippen LogP contribution in [0.15, 0.2) is 22.7 Å². The van der Waals surface area contributed by atoms with E-state index in [2.05, 4.69) is 21.2 Å². The Morgan fingerprint density at radius 3 is 2.81 bits per heavy atom. The zero-order valence-corrected chi connectivity index (χ0v) is 13.7. The van der Waals surface area contributed by atoms with Crippen molar-refractivity contribution in [2.24, 2.45) is 0 Å². The molecule has 114 valence electrons. The number of halogens is 1. The first-order chi connectivity index (χ1) is 10.2. The van der Waals surface area contributed by atoms with E-state index in [1.54, 1.807) is 0 Å². The lowest BCUT2D eigenvalue weighted by molar-refractivity contribution is -0.132. The Labute approximate surface area is 134 Å². The molecule has 4 nitrogen and oxygen atoms in total. The van der Waals surface area contributed by atoms with E-state index in [1.165, 1.54) is 18.4 Å². The standard InChI is InChI=1S/C16H21BrN2O2/c17-15-6-5-14(9-12(15)10-18-13-3-4-13)21-11-16(20)19-7-1-2-8-19/h5-6,9,13,18H,1-4,7-8,10-11H2. The summed E-state index contributed by atoms with van der Waals surface area (Å²) in [5.74, 6) is 0.853. The molecule has 1 aliphatic heterocycles. The quantitative estimate of drug-likeness (QED) is 0.855. The van der Waals surface area contributed by atoms with Gasteiger partial charge in [0.1, 0.15) is 5.75 Å². The van der Waals surface area contributed by atoms with Crippen LogP contribution in [0.1, 0.15) is 31.2 Å². The molecule has 2 fully saturated rings. The first-order valence-electron chi connectivity index (χ1n) is 7.65. The first-order valence-corrected chi connectivity index (χ1v) is 8.44. The van der Waals surface area contributed by atoms with E-state index < -0.39 is 0 Å². The van der Waals surface area contributed by atoms with Crippen molar-refractivity contribution in [1.82, 2.24) is 10.2 Å². The molecule has 0 atom stereocenters. The molecular formula is C16H21BrN2O2. The minimum Gasteiger partial charge on any atom is -0.484 e. The van der Waals surface area contributed by atoms with Gasteiger partial charge in [0.05, 0.1) is 0 Å². The molecule has 0 radical (unpaired) electrons. The van der Waals surface area contributed by atoms with Gasteiger partial charge in [0.15, 0.2) is 6.61 Å². The second-order valence-corrected chi connectivity index (χ2v) is 6.64. The third-order valence-electron chi connectivity index (χ3n) is 4.00. The fraction of sp³-hybridized carbons (Fsp3) is 0.562. The van der Waals surface area contributed by atoms with Gasteiger partial charge < -0.3 is 15.0 Å². The summed E-state index contributed by atoms with van der Waals surface area (Å²) in [5.41, 5.74) is 1.17. The molecule has 1 saturated heterocycles. The van der Waals surface area contributed by atoms with Gasteiger partial charge in [-0.3, -0.25) is 4.79 Å². The second kappa shape index (κ2) is 6.79. The summed E-state index contributed by atoms with van der Waals surface area (Å²) in [6.07, 6.45) is 4.78. The van der Waals surface area contributed by atoms with Crippen LogP contribution in [-0.4, -0.2) is 36.5 Å². The van der Waals surface area contributed by atoms with Crippen molar-refractivity contribution in [2.75, 3.05) is 19.7 Å². The van der Waals surface area contributed by atoms with Crippen molar-refractivity contribution >= 4 is 21.8 Å². The summed E-state index contributed by atoms with van der Waals surface area (Å²) in [5, 5.41) is 3.49. The molecule has 1 heterocycles. The molecule has 1 amide bonds. The van der Waals surface area contributed by atoms with Crippen LogP contribution in [0.4, 0.5) is 0 Å². The highest BCUT2D eigenvalue weighted by Gasteiger charge is 2.21. The Morgan fingerprint density at radius 1 is 1.33 bits per heavy atom. The Kier molecular flexibility index (Phi) is 4.80. The zero-order chi connectivity index (χ0) is 14.7. The molecule has 1 N–H and O–H groups in total. The van der Waals surface area contributed by atoms with Crippen LogP contribution in [0.3, 0.4) is 0 Å². The maximum absolute atomic E-state index is 12.0. The SMILES string of the molecule is O=C(COc1ccc(Br)c(CNC2CC2)c1)N1CCCC1. The van der Waals surface area contributed by atoms with E-state index >= 15 is 0 Å². The number of carbonyl (C=O) groups excluding carboxylic acids is 1. The van der Waals surface area contributed by atoms with Gasteiger partial charge in [-0.1, -0.05) is 15.9 Å². The zero-order valence-electron chi connectivity index (χ0n) is 12.1. The summed E-state index contributed by atoms with van der Waals surface area (Å²) >= 11 is 3.56. The fourth-order valence-electron chi connectivity index (χ4n) is 2.52. The lowest BCUT2D eigenvalue weighted by Gasteiger charge is -2.16. The molecule has 3 rings (SSSR count). The van der Waals surface area contributed by atoms with E-state index in [0.717, 1.165) is 42.7 Å². The normalized spacial score (nSPS) is 18.0. The number of ether oxygens (including phenoxy) is 1. The van der Waals surface area contributed by atoms with Crippen molar-refractivity contribution in [3.8, 4) is 5.75 Å². The summed E-state index contributed by atoms with van der Waals surface area (Å²) in [6, 6.07) is 6.58. The number of carbonyl (C=O) groups is 1. The molecule has 0 unspecified atom stereocenters. The van der Waals surface area contributed by atoms with Gasteiger partial charge in [-0.15, -0.1) is 0 Å². The van der Waals surface area contributed by atoms with E-state index in [9.17, 15) is 4.79 Å². The van der Waals surface area contributed by atoms with Crippen molar-refractivity contribution in [1.29, 1.82) is 0 Å². The summed E-state index contributed by atoms with van der Waals surface area (Å²) in [6.45, 7) is 2.72. The Morgan fingerprint density at radius 2 is 2.10 bits per heavy atom. The van der Waals surface area contributed by atoms with Crippen LogP contribution in [-0.2, 0) is 11.3 Å². The van der Waals surface area contributed by atoms with Crippen molar-refractivity contribution in [3.63, 3.8) is 0 Å². The largest absolute Gasteiger partial charge is 0.484 e. The number of rotatable bonds is 6. The monoisotopic (exact) mass is 352 g/mol. The maximum Gasteiger partial charge on any atom is 0.260 e. The van der Waals surface area contributed by atoms with Crippen LogP contribution in [0.25, 0.3) is 0 Å². The van der Waals surface area contributed by atoms with Crippen LogP contribution >= 0.6 is 15.9 Å². The smallest absolute Gasteiger partial charge is 0.260 e. The molecule has 1 aliphatic carbocycles. The van der Waals surface area contributed by atoms with E-state index in [-0.39, 0.29) is 12.5 Å². The van der Waals surface area contributed by atoms with Crippen LogP contribution in [0.5, 0.6) is 5.75 Å². The number of hydrogen-bond donors (Lipinski definition) is 1. The number of amides is 1. The van der Waals surface area contributed by atoms with E-state index in [4.69, 9.17) is 4.74 Å². The number of nitrogens with zero attached hydrogens (tertiary/aromatic N) is 1. The predicted molar refractivity (Wildman–Crippen MR) is 85.3 cm³/mol. The van der Waals surface area contributed by atoms with Gasteiger partial charge in [-0.05, 0) is 49.4 Å². The molecule has 1 aromatic rings. The maximum atomic E-state index is 12.0. The number of hydrogen-bond acceptors (Lipinski definition) is 3. The van der Waals surface area contributed by atoms with Crippen molar-refractivity contribution in [3.05, 3.63) is 28.2 Å². The summed E-state index contributed by atoms with van der Waals surface area (Å²) < 4.78 is 6.74. The topological polar surface area (TPSA) is 41.6 Å². The Bertz CT molecular complexity index is 511. The molecule has 0 aromatic heterocycles. The third-order valence-corrected chi connectivity index (χ3v) is 4.77. The van der Waals surface area contributed by atoms with E-state index in [0.29, 0.717) is 6.04 Å². The first kappa shape index (κ1) is 14.9. The average Bonchev–Trinajstić information content (AvgIpc) is 3.16. The van der Waals surface area contributed by atoms with Gasteiger partial charge in [0.2, 0.25) is 0 Å². The molecule has 0 bridgehead atoms. The molecule has 5 heteroatoms. The lowest BCUT2D eigenvalue weighted by atomic mass is 10.2. The lowest BCUT2D eigenvalue weighted by Crippen LogP contribution is -2.32. The van der Waals surface area contributed by atoms with Crippen LogP contribution in [0.2, 0.25) is 0 Å². The fourth-order valence-corrected chi connectivity index (χ4v) is 2.91. The average molecular weight is 353 g/mol. The minimum atomic E-state index is 0.0908. The van der Waals surface area contributed by atoms with Gasteiger partial charge in [-0.2, -0.15) is 0 Å². The van der Waals surface area contributed by atoms with Crippen LogP contribution < -0.4 is 10.1 Å². The molecule has 1 aromatic carbocycles. The van der Waals surface area contributed by atoms with E-state index in [1.807, 2.05) is 23.1 Å². The van der Waals surface area contributed by atoms with Gasteiger partial charge in [0.25, 0.3) is 5.91 Å². The number of benzene rings is 1. The number of nitrogens with one attached hydrogen (secondary N) is 1. The second-order valence-electron chi connectivity index (χ2n) is 5.78. The minimum absolute atomic E-state index is 0.0908. The van der Waals surface area contributed by atoms with Crippen LogP contribution in [0, 0.1) is 0 Å². The Balaban J connectivity index is 1.54. The molecular weight excluding hydrogens is 332 g/mol. The predicted octanol–water partition coefficient (Wildman–Crippen LogP) is 2.70.